The van der Waals surface area contributed by atoms with E-state index >= 15 is 0 Å². The maximum atomic E-state index is 13.1. The molecular weight excluding hydrogens is 392 g/mol. The van der Waals surface area contributed by atoms with E-state index in [-0.39, 0.29) is 23.6 Å². The summed E-state index contributed by atoms with van der Waals surface area (Å²) in [5.74, 6) is 0.238. The summed E-state index contributed by atoms with van der Waals surface area (Å²) in [7, 11) is 1.83. The summed E-state index contributed by atoms with van der Waals surface area (Å²) < 4.78 is 0. The van der Waals surface area contributed by atoms with E-state index in [4.69, 9.17) is 0 Å². The minimum absolute atomic E-state index is 0.0819. The molecular formula is C24H30N4O3. The van der Waals surface area contributed by atoms with Crippen LogP contribution in [0.1, 0.15) is 37.7 Å². The summed E-state index contributed by atoms with van der Waals surface area (Å²) in [5.41, 5.74) is 2.01. The zero-order valence-electron chi connectivity index (χ0n) is 18.1. The fourth-order valence-corrected chi connectivity index (χ4v) is 4.61. The molecule has 2 saturated heterocycles. The molecule has 0 radical (unpaired) electrons. The highest BCUT2D eigenvalue weighted by molar-refractivity contribution is 5.84. The fourth-order valence-electron chi connectivity index (χ4n) is 4.61. The molecule has 1 aromatic heterocycles. The van der Waals surface area contributed by atoms with E-state index in [9.17, 15) is 14.4 Å². The maximum absolute atomic E-state index is 13.1. The molecule has 2 aliphatic heterocycles. The number of carbonyl (C=O) groups excluding carboxylic acids is 3. The van der Waals surface area contributed by atoms with Crippen molar-refractivity contribution < 1.29 is 14.4 Å². The van der Waals surface area contributed by atoms with Crippen LogP contribution in [0.15, 0.2) is 36.5 Å². The van der Waals surface area contributed by atoms with E-state index in [1.807, 2.05) is 41.1 Å². The Bertz CT molecular complexity index is 976. The Hall–Kier alpha value is -2.96. The number of carbonyl (C=O) groups is 3. The van der Waals surface area contributed by atoms with Crippen LogP contribution >= 0.6 is 0 Å². The van der Waals surface area contributed by atoms with E-state index in [0.29, 0.717) is 45.4 Å². The lowest BCUT2D eigenvalue weighted by molar-refractivity contribution is -0.142. The van der Waals surface area contributed by atoms with Crippen molar-refractivity contribution in [3.63, 3.8) is 0 Å². The number of nitrogens with zero attached hydrogens (tertiary/aromatic N) is 4. The van der Waals surface area contributed by atoms with E-state index in [1.165, 1.54) is 0 Å². The fraction of sp³-hybridized carbons (Fsp3) is 0.500. The maximum Gasteiger partial charge on any atom is 0.227 e. The minimum atomic E-state index is -0.168. The van der Waals surface area contributed by atoms with Gasteiger partial charge in [-0.05, 0) is 43.0 Å². The molecule has 2 fully saturated rings. The van der Waals surface area contributed by atoms with Gasteiger partial charge in [-0.25, -0.2) is 0 Å². The zero-order valence-corrected chi connectivity index (χ0v) is 18.1. The molecule has 31 heavy (non-hydrogen) atoms. The van der Waals surface area contributed by atoms with Crippen LogP contribution in [0.4, 0.5) is 0 Å². The first-order valence-corrected chi connectivity index (χ1v) is 11.2. The molecule has 0 spiro atoms. The molecule has 7 heteroatoms. The number of benzene rings is 1. The highest BCUT2D eigenvalue weighted by Gasteiger charge is 2.32. The summed E-state index contributed by atoms with van der Waals surface area (Å²) in [6.07, 6.45) is 5.12. The molecule has 1 atom stereocenters. The third-order valence-electron chi connectivity index (χ3n) is 6.34. The summed E-state index contributed by atoms with van der Waals surface area (Å²) >= 11 is 0. The van der Waals surface area contributed by atoms with Crippen LogP contribution in [0.3, 0.4) is 0 Å². The van der Waals surface area contributed by atoms with Crippen molar-refractivity contribution >= 4 is 28.6 Å². The average molecular weight is 423 g/mol. The van der Waals surface area contributed by atoms with E-state index in [1.54, 1.807) is 11.1 Å². The van der Waals surface area contributed by atoms with Gasteiger partial charge < -0.3 is 14.7 Å². The molecule has 0 bridgehead atoms. The van der Waals surface area contributed by atoms with Crippen LogP contribution in [0, 0.1) is 5.92 Å². The number of rotatable bonds is 7. The number of aromatic nitrogens is 1. The van der Waals surface area contributed by atoms with Crippen LogP contribution in [0.25, 0.3) is 10.9 Å². The van der Waals surface area contributed by atoms with Gasteiger partial charge in [0.15, 0.2) is 0 Å². The van der Waals surface area contributed by atoms with Crippen molar-refractivity contribution in [2.75, 3.05) is 33.2 Å². The molecule has 2 aromatic rings. The van der Waals surface area contributed by atoms with Gasteiger partial charge in [0, 0.05) is 64.2 Å². The molecule has 0 unspecified atom stereocenters. The van der Waals surface area contributed by atoms with Gasteiger partial charge in [0.25, 0.3) is 0 Å². The Morgan fingerprint density at radius 1 is 1.13 bits per heavy atom. The smallest absolute Gasteiger partial charge is 0.227 e. The van der Waals surface area contributed by atoms with Crippen LogP contribution in [-0.4, -0.2) is 70.6 Å². The molecule has 3 amide bonds. The Morgan fingerprint density at radius 3 is 2.74 bits per heavy atom. The van der Waals surface area contributed by atoms with E-state index in [0.717, 1.165) is 35.9 Å². The Balaban J connectivity index is 1.31. The molecule has 0 N–H and O–H groups in total. The van der Waals surface area contributed by atoms with Crippen LogP contribution < -0.4 is 0 Å². The predicted molar refractivity (Wildman–Crippen MR) is 118 cm³/mol. The lowest BCUT2D eigenvalue weighted by Crippen LogP contribution is -2.46. The zero-order chi connectivity index (χ0) is 21.8. The Kier molecular flexibility index (Phi) is 6.49. The van der Waals surface area contributed by atoms with Crippen molar-refractivity contribution in [1.82, 2.24) is 19.7 Å². The van der Waals surface area contributed by atoms with Gasteiger partial charge in [0.05, 0.1) is 11.4 Å². The Morgan fingerprint density at radius 2 is 1.94 bits per heavy atom. The SMILES string of the molecule is CN(Cc1ccc2ncccc2c1)C(=O)[C@H]1CCC(=O)N(CCCN2CCCC2=O)C1. The first kappa shape index (κ1) is 21.3. The van der Waals surface area contributed by atoms with Gasteiger partial charge in [-0.1, -0.05) is 12.1 Å². The quantitative estimate of drug-likeness (QED) is 0.687. The van der Waals surface area contributed by atoms with Crippen LogP contribution in [-0.2, 0) is 20.9 Å². The van der Waals surface area contributed by atoms with Gasteiger partial charge >= 0.3 is 0 Å². The van der Waals surface area contributed by atoms with Crippen LogP contribution in [0.2, 0.25) is 0 Å². The number of piperidine rings is 1. The third kappa shape index (κ3) is 5.03. The molecule has 4 rings (SSSR count). The Labute approximate surface area is 183 Å². The van der Waals surface area contributed by atoms with Gasteiger partial charge in [0.2, 0.25) is 17.7 Å². The number of amides is 3. The predicted octanol–water partition coefficient (Wildman–Crippen LogP) is 2.44. The second-order valence-corrected chi connectivity index (χ2v) is 8.64. The molecule has 3 heterocycles. The third-order valence-corrected chi connectivity index (χ3v) is 6.34. The summed E-state index contributed by atoms with van der Waals surface area (Å²) in [6, 6.07) is 10.00. The number of pyridine rings is 1. The topological polar surface area (TPSA) is 73.8 Å². The minimum Gasteiger partial charge on any atom is -0.343 e. The summed E-state index contributed by atoms with van der Waals surface area (Å²) in [4.78, 5) is 47.0. The molecule has 2 aliphatic rings. The molecule has 1 aromatic carbocycles. The van der Waals surface area contributed by atoms with Gasteiger partial charge in [-0.15, -0.1) is 0 Å². The van der Waals surface area contributed by atoms with Crippen molar-refractivity contribution in [3.8, 4) is 0 Å². The second-order valence-electron chi connectivity index (χ2n) is 8.64. The van der Waals surface area contributed by atoms with Crippen molar-refractivity contribution in [1.29, 1.82) is 0 Å². The summed E-state index contributed by atoms with van der Waals surface area (Å²) in [6.45, 7) is 3.12. The molecule has 0 saturated carbocycles. The lowest BCUT2D eigenvalue weighted by Gasteiger charge is -2.34. The van der Waals surface area contributed by atoms with Crippen molar-refractivity contribution in [2.45, 2.75) is 38.6 Å². The van der Waals surface area contributed by atoms with Crippen LogP contribution in [0.5, 0.6) is 0 Å². The summed E-state index contributed by atoms with van der Waals surface area (Å²) in [5, 5.41) is 1.06. The average Bonchev–Trinajstić information content (AvgIpc) is 3.19. The monoisotopic (exact) mass is 422 g/mol. The molecule has 164 valence electrons. The van der Waals surface area contributed by atoms with E-state index < -0.39 is 0 Å². The number of hydrogen-bond donors (Lipinski definition) is 0. The standard InChI is InChI=1S/C24H30N4O3/c1-26(16-18-7-9-21-19(15-18)5-2-11-25-21)24(31)20-8-10-23(30)28(17-20)14-4-13-27-12-3-6-22(27)29/h2,5,7,9,11,15,20H,3-4,6,8,10,12-14,16-17H2,1H3/t20-/m0/s1. The molecule has 0 aliphatic carbocycles. The number of hydrogen-bond acceptors (Lipinski definition) is 4. The van der Waals surface area contributed by atoms with Crippen molar-refractivity contribution in [2.24, 2.45) is 5.92 Å². The number of likely N-dealkylation sites (tertiary alicyclic amines) is 2. The van der Waals surface area contributed by atoms with Gasteiger partial charge in [-0.3, -0.25) is 19.4 Å². The normalized spacial score (nSPS) is 19.3. The highest BCUT2D eigenvalue weighted by atomic mass is 16.2. The molecule has 7 nitrogen and oxygen atoms in total. The second kappa shape index (κ2) is 9.45. The van der Waals surface area contributed by atoms with E-state index in [2.05, 4.69) is 11.1 Å². The lowest BCUT2D eigenvalue weighted by atomic mass is 9.95. The number of fused-ring (bicyclic) bond motifs is 1. The van der Waals surface area contributed by atoms with Gasteiger partial charge in [0.1, 0.15) is 0 Å². The van der Waals surface area contributed by atoms with Crippen molar-refractivity contribution in [3.05, 3.63) is 42.1 Å². The first-order chi connectivity index (χ1) is 15.0. The highest BCUT2D eigenvalue weighted by Crippen LogP contribution is 2.22. The van der Waals surface area contributed by atoms with Gasteiger partial charge in [-0.2, -0.15) is 0 Å². The first-order valence-electron chi connectivity index (χ1n) is 11.2. The largest absolute Gasteiger partial charge is 0.343 e.